The van der Waals surface area contributed by atoms with E-state index in [0.717, 1.165) is 0 Å². The summed E-state index contributed by atoms with van der Waals surface area (Å²) in [6.45, 7) is 4.15. The summed E-state index contributed by atoms with van der Waals surface area (Å²) < 4.78 is 11.9. The lowest BCUT2D eigenvalue weighted by atomic mass is 10.3. The van der Waals surface area contributed by atoms with Crippen molar-refractivity contribution in [1.82, 2.24) is 14.3 Å². The minimum Gasteiger partial charge on any atom is -0.493 e. The number of carbonyl (C=O) groups is 2. The molecule has 2 aromatic heterocycles. The van der Waals surface area contributed by atoms with E-state index in [1.165, 1.54) is 4.90 Å². The summed E-state index contributed by atoms with van der Waals surface area (Å²) in [7, 11) is 3.22. The van der Waals surface area contributed by atoms with Gasteiger partial charge in [0.05, 0.1) is 25.8 Å². The number of ether oxygens (including phenoxy) is 2. The number of fused-ring (bicyclic) bond motifs is 1. The Labute approximate surface area is 134 Å². The maximum atomic E-state index is 12.7. The van der Waals surface area contributed by atoms with Gasteiger partial charge >= 0.3 is 5.97 Å². The second-order valence-corrected chi connectivity index (χ2v) is 5.10. The fraction of sp³-hybridized carbons (Fsp3) is 0.438. The van der Waals surface area contributed by atoms with Crippen molar-refractivity contribution in [1.29, 1.82) is 0 Å². The molecule has 0 aliphatic rings. The molecule has 0 bridgehead atoms. The molecule has 2 heterocycles. The third-order valence-electron chi connectivity index (χ3n) is 3.51. The highest BCUT2D eigenvalue weighted by molar-refractivity contribution is 5.95. The molecule has 0 N–H and O–H groups in total. The van der Waals surface area contributed by atoms with E-state index in [2.05, 4.69) is 4.98 Å². The molecule has 0 aliphatic heterocycles. The predicted octanol–water partition coefficient (Wildman–Crippen LogP) is 1.68. The van der Waals surface area contributed by atoms with Gasteiger partial charge in [-0.05, 0) is 26.0 Å². The first-order valence-corrected chi connectivity index (χ1v) is 7.42. The standard InChI is InChI=1S/C16H21N3O4/c1-5-23-13(20)8-10-18(3)16(21)14-11(2)17-15-12(22-4)7-6-9-19(14)15/h6-7,9H,5,8,10H2,1-4H3. The van der Waals surface area contributed by atoms with Crippen LogP contribution >= 0.6 is 0 Å². The number of amides is 1. The van der Waals surface area contributed by atoms with Crippen LogP contribution in [0.1, 0.15) is 29.5 Å². The van der Waals surface area contributed by atoms with E-state index in [9.17, 15) is 9.59 Å². The van der Waals surface area contributed by atoms with Crippen LogP contribution < -0.4 is 4.74 Å². The molecule has 124 valence electrons. The Morgan fingerprint density at radius 2 is 2.13 bits per heavy atom. The highest BCUT2D eigenvalue weighted by Crippen LogP contribution is 2.22. The molecule has 7 heteroatoms. The molecule has 0 aliphatic carbocycles. The van der Waals surface area contributed by atoms with Crippen molar-refractivity contribution in [2.75, 3.05) is 27.3 Å². The fourth-order valence-corrected chi connectivity index (χ4v) is 2.35. The Bertz CT molecular complexity index is 723. The molecule has 0 radical (unpaired) electrons. The Balaban J connectivity index is 2.24. The van der Waals surface area contributed by atoms with E-state index in [0.29, 0.717) is 29.4 Å². The summed E-state index contributed by atoms with van der Waals surface area (Å²) in [5.41, 5.74) is 1.67. The van der Waals surface area contributed by atoms with Gasteiger partial charge in [0.2, 0.25) is 0 Å². The first-order valence-electron chi connectivity index (χ1n) is 7.42. The highest BCUT2D eigenvalue weighted by Gasteiger charge is 2.22. The lowest BCUT2D eigenvalue weighted by molar-refractivity contribution is -0.143. The van der Waals surface area contributed by atoms with Crippen LogP contribution in [0.15, 0.2) is 18.3 Å². The molecule has 0 fully saturated rings. The predicted molar refractivity (Wildman–Crippen MR) is 84.7 cm³/mol. The third kappa shape index (κ3) is 3.44. The fourth-order valence-electron chi connectivity index (χ4n) is 2.35. The van der Waals surface area contributed by atoms with Crippen molar-refractivity contribution in [3.8, 4) is 5.75 Å². The third-order valence-corrected chi connectivity index (χ3v) is 3.51. The van der Waals surface area contributed by atoms with Crippen molar-refractivity contribution in [2.24, 2.45) is 0 Å². The van der Waals surface area contributed by atoms with E-state index >= 15 is 0 Å². The van der Waals surface area contributed by atoms with Crippen LogP contribution in [0.4, 0.5) is 0 Å². The highest BCUT2D eigenvalue weighted by atomic mass is 16.5. The van der Waals surface area contributed by atoms with Gasteiger partial charge in [-0.15, -0.1) is 0 Å². The van der Waals surface area contributed by atoms with Gasteiger partial charge in [-0.25, -0.2) is 4.98 Å². The molecule has 23 heavy (non-hydrogen) atoms. The molecule has 0 unspecified atom stereocenters. The van der Waals surface area contributed by atoms with Crippen LogP contribution in [-0.4, -0.2) is 53.5 Å². The second kappa shape index (κ2) is 7.13. The number of imidazole rings is 1. The molecule has 7 nitrogen and oxygen atoms in total. The van der Waals surface area contributed by atoms with Crippen LogP contribution in [-0.2, 0) is 9.53 Å². The number of methoxy groups -OCH3 is 1. The van der Waals surface area contributed by atoms with Gasteiger partial charge in [0.25, 0.3) is 5.91 Å². The smallest absolute Gasteiger partial charge is 0.307 e. The number of hydrogen-bond acceptors (Lipinski definition) is 5. The first-order chi connectivity index (χ1) is 11.0. The second-order valence-electron chi connectivity index (χ2n) is 5.10. The molecule has 0 saturated heterocycles. The van der Waals surface area contributed by atoms with Crippen molar-refractivity contribution < 1.29 is 19.1 Å². The van der Waals surface area contributed by atoms with Crippen LogP contribution in [0.5, 0.6) is 5.75 Å². The van der Waals surface area contributed by atoms with Crippen LogP contribution in [0.3, 0.4) is 0 Å². The van der Waals surface area contributed by atoms with Crippen molar-refractivity contribution >= 4 is 17.5 Å². The van der Waals surface area contributed by atoms with Crippen molar-refractivity contribution in [3.63, 3.8) is 0 Å². The lowest BCUT2D eigenvalue weighted by Crippen LogP contribution is -2.30. The van der Waals surface area contributed by atoms with Gasteiger partial charge in [-0.2, -0.15) is 0 Å². The van der Waals surface area contributed by atoms with Crippen LogP contribution in [0, 0.1) is 6.92 Å². The maximum absolute atomic E-state index is 12.7. The SMILES string of the molecule is CCOC(=O)CCN(C)C(=O)c1c(C)nc2c(OC)cccn12. The van der Waals surface area contributed by atoms with E-state index < -0.39 is 0 Å². The molecule has 1 amide bonds. The molecule has 0 saturated carbocycles. The normalized spacial score (nSPS) is 10.6. The number of nitrogens with zero attached hydrogens (tertiary/aromatic N) is 3. The topological polar surface area (TPSA) is 73.1 Å². The largest absolute Gasteiger partial charge is 0.493 e. The summed E-state index contributed by atoms with van der Waals surface area (Å²) >= 11 is 0. The Morgan fingerprint density at radius 3 is 2.78 bits per heavy atom. The molecule has 0 aromatic carbocycles. The summed E-state index contributed by atoms with van der Waals surface area (Å²) in [6, 6.07) is 3.59. The minimum absolute atomic E-state index is 0.162. The zero-order chi connectivity index (χ0) is 17.0. The molecule has 0 atom stereocenters. The quantitative estimate of drug-likeness (QED) is 0.757. The van der Waals surface area contributed by atoms with Crippen LogP contribution in [0.2, 0.25) is 0 Å². The van der Waals surface area contributed by atoms with Crippen molar-refractivity contribution in [3.05, 3.63) is 29.7 Å². The number of hydrogen-bond donors (Lipinski definition) is 0. The number of pyridine rings is 1. The summed E-state index contributed by atoms with van der Waals surface area (Å²) in [6.07, 6.45) is 1.93. The minimum atomic E-state index is -0.316. The van der Waals surface area contributed by atoms with E-state index in [-0.39, 0.29) is 24.8 Å². The number of aryl methyl sites for hydroxylation is 1. The monoisotopic (exact) mass is 319 g/mol. The number of rotatable bonds is 6. The number of aromatic nitrogens is 2. The van der Waals surface area contributed by atoms with E-state index in [4.69, 9.17) is 9.47 Å². The molecule has 2 aromatic rings. The van der Waals surface area contributed by atoms with Gasteiger partial charge < -0.3 is 14.4 Å². The van der Waals surface area contributed by atoms with Gasteiger partial charge in [0, 0.05) is 19.8 Å². The molecule has 0 spiro atoms. The van der Waals surface area contributed by atoms with E-state index in [1.54, 1.807) is 50.7 Å². The zero-order valence-corrected chi connectivity index (χ0v) is 13.8. The van der Waals surface area contributed by atoms with Crippen LogP contribution in [0.25, 0.3) is 5.65 Å². The molecular weight excluding hydrogens is 298 g/mol. The van der Waals surface area contributed by atoms with Gasteiger partial charge in [-0.3, -0.25) is 14.0 Å². The van der Waals surface area contributed by atoms with Crippen molar-refractivity contribution in [2.45, 2.75) is 20.3 Å². The Morgan fingerprint density at radius 1 is 1.39 bits per heavy atom. The summed E-state index contributed by atoms with van der Waals surface area (Å²) in [4.78, 5) is 30.0. The average Bonchev–Trinajstić information content (AvgIpc) is 2.87. The molecule has 2 rings (SSSR count). The average molecular weight is 319 g/mol. The Hall–Kier alpha value is -2.57. The number of carbonyl (C=O) groups excluding carboxylic acids is 2. The molecular formula is C16H21N3O4. The first kappa shape index (κ1) is 16.8. The summed E-state index contributed by atoms with van der Waals surface area (Å²) in [5.74, 6) is 0.0834. The van der Waals surface area contributed by atoms with Gasteiger partial charge in [0.1, 0.15) is 5.69 Å². The Kier molecular flexibility index (Phi) is 5.20. The van der Waals surface area contributed by atoms with E-state index in [1.807, 2.05) is 0 Å². The summed E-state index contributed by atoms with van der Waals surface area (Å²) in [5, 5.41) is 0. The maximum Gasteiger partial charge on any atom is 0.307 e. The number of esters is 1. The zero-order valence-electron chi connectivity index (χ0n) is 13.8. The van der Waals surface area contributed by atoms with Gasteiger partial charge in [-0.1, -0.05) is 0 Å². The lowest BCUT2D eigenvalue weighted by Gasteiger charge is -2.17. The van der Waals surface area contributed by atoms with Gasteiger partial charge in [0.15, 0.2) is 11.4 Å².